The molecule has 3 rings (SSSR count). The quantitative estimate of drug-likeness (QED) is 0.720. The number of H-pyrrole nitrogens is 1. The lowest BCUT2D eigenvalue weighted by molar-refractivity contribution is -0.115. The number of aromatic nitrogens is 2. The van der Waals surface area contributed by atoms with Gasteiger partial charge in [-0.1, -0.05) is 30.0 Å². The summed E-state index contributed by atoms with van der Waals surface area (Å²) in [5, 5.41) is 3.02. The number of carbonyl (C=O) groups excluding carboxylic acids is 1. The van der Waals surface area contributed by atoms with E-state index in [4.69, 9.17) is 0 Å². The van der Waals surface area contributed by atoms with Gasteiger partial charge in [-0.2, -0.15) is 0 Å². The summed E-state index contributed by atoms with van der Waals surface area (Å²) in [6.45, 7) is 1.78. The number of anilines is 1. The van der Waals surface area contributed by atoms with Crippen molar-refractivity contribution in [3.8, 4) is 0 Å². The Morgan fingerprint density at radius 3 is 2.86 bits per heavy atom. The van der Waals surface area contributed by atoms with Gasteiger partial charge < -0.3 is 10.3 Å². The molecule has 3 aromatic rings. The topological polar surface area (TPSA) is 57.8 Å². The lowest BCUT2D eigenvalue weighted by Crippen LogP contribution is -2.22. The van der Waals surface area contributed by atoms with Crippen molar-refractivity contribution in [2.75, 3.05) is 5.32 Å². The molecule has 4 nitrogen and oxygen atoms in total. The van der Waals surface area contributed by atoms with Crippen LogP contribution in [0.2, 0.25) is 0 Å². The third-order valence-electron chi connectivity index (χ3n) is 3.12. The highest BCUT2D eigenvalue weighted by molar-refractivity contribution is 8.00. The second kappa shape index (κ2) is 6.19. The zero-order valence-corrected chi connectivity index (χ0v) is 12.7. The van der Waals surface area contributed by atoms with Crippen LogP contribution in [0.15, 0.2) is 53.7 Å². The van der Waals surface area contributed by atoms with Gasteiger partial charge in [0.25, 0.3) is 0 Å². The van der Waals surface area contributed by atoms with Gasteiger partial charge in [0.1, 0.15) is 5.82 Å². The number of imidazole rings is 1. The number of para-hydroxylation sites is 2. The first-order valence-corrected chi connectivity index (χ1v) is 7.67. The second-order valence-corrected chi connectivity index (χ2v) is 6.15. The summed E-state index contributed by atoms with van der Waals surface area (Å²) in [5.41, 5.74) is 2.24. The molecule has 2 aromatic carbocycles. The molecule has 0 bridgehead atoms. The van der Waals surface area contributed by atoms with Crippen molar-refractivity contribution in [2.24, 2.45) is 0 Å². The van der Waals surface area contributed by atoms with Gasteiger partial charge in [-0.25, -0.2) is 9.37 Å². The first-order chi connectivity index (χ1) is 10.6. The van der Waals surface area contributed by atoms with E-state index in [1.54, 1.807) is 19.1 Å². The SMILES string of the molecule is CC(Sc1nc2ccccc2[nH]1)C(=O)Nc1cccc(F)c1. The average Bonchev–Trinajstić information content (AvgIpc) is 2.89. The number of benzene rings is 2. The number of thioether (sulfide) groups is 1. The van der Waals surface area contributed by atoms with Gasteiger partial charge in [-0.15, -0.1) is 0 Å². The Labute approximate surface area is 131 Å². The number of nitrogens with zero attached hydrogens (tertiary/aromatic N) is 1. The summed E-state index contributed by atoms with van der Waals surface area (Å²) >= 11 is 1.33. The van der Waals surface area contributed by atoms with E-state index in [1.165, 1.54) is 23.9 Å². The van der Waals surface area contributed by atoms with Crippen LogP contribution in [-0.2, 0) is 4.79 Å². The molecule has 0 fully saturated rings. The predicted molar refractivity (Wildman–Crippen MR) is 86.4 cm³/mol. The van der Waals surface area contributed by atoms with Crippen molar-refractivity contribution in [3.05, 3.63) is 54.3 Å². The number of rotatable bonds is 4. The Kier molecular flexibility index (Phi) is 4.11. The van der Waals surface area contributed by atoms with Crippen molar-refractivity contribution in [3.63, 3.8) is 0 Å². The number of nitrogens with one attached hydrogen (secondary N) is 2. The van der Waals surface area contributed by atoms with Crippen LogP contribution >= 0.6 is 11.8 Å². The first-order valence-electron chi connectivity index (χ1n) is 6.79. The fourth-order valence-corrected chi connectivity index (χ4v) is 2.84. The fourth-order valence-electron chi connectivity index (χ4n) is 2.02. The van der Waals surface area contributed by atoms with Gasteiger partial charge in [-0.3, -0.25) is 4.79 Å². The smallest absolute Gasteiger partial charge is 0.237 e. The van der Waals surface area contributed by atoms with E-state index in [-0.39, 0.29) is 17.0 Å². The van der Waals surface area contributed by atoms with Crippen LogP contribution in [0.25, 0.3) is 11.0 Å². The lowest BCUT2D eigenvalue weighted by atomic mass is 10.3. The summed E-state index contributed by atoms with van der Waals surface area (Å²) < 4.78 is 13.1. The zero-order chi connectivity index (χ0) is 15.5. The molecule has 0 radical (unpaired) electrons. The normalized spacial score (nSPS) is 12.3. The number of hydrogen-bond acceptors (Lipinski definition) is 3. The van der Waals surface area contributed by atoms with Crippen LogP contribution in [0, 0.1) is 5.82 Å². The molecular weight excluding hydrogens is 301 g/mol. The monoisotopic (exact) mass is 315 g/mol. The maximum absolute atomic E-state index is 13.1. The molecule has 112 valence electrons. The van der Waals surface area contributed by atoms with Crippen LogP contribution < -0.4 is 5.32 Å². The van der Waals surface area contributed by atoms with Crippen molar-refractivity contribution in [2.45, 2.75) is 17.3 Å². The number of halogens is 1. The largest absolute Gasteiger partial charge is 0.333 e. The number of amides is 1. The molecule has 1 atom stereocenters. The molecule has 0 saturated heterocycles. The number of carbonyl (C=O) groups is 1. The third-order valence-corrected chi connectivity index (χ3v) is 4.10. The molecule has 22 heavy (non-hydrogen) atoms. The molecule has 1 amide bonds. The highest BCUT2D eigenvalue weighted by Gasteiger charge is 2.16. The van der Waals surface area contributed by atoms with Crippen LogP contribution in [0.5, 0.6) is 0 Å². The van der Waals surface area contributed by atoms with Crippen molar-refractivity contribution >= 4 is 34.4 Å². The average molecular weight is 315 g/mol. The summed E-state index contributed by atoms with van der Waals surface area (Å²) in [5.74, 6) is -0.577. The maximum atomic E-state index is 13.1. The third kappa shape index (κ3) is 3.28. The Bertz CT molecular complexity index is 785. The number of hydrogen-bond donors (Lipinski definition) is 2. The van der Waals surface area contributed by atoms with E-state index < -0.39 is 0 Å². The summed E-state index contributed by atoms with van der Waals surface area (Å²) in [7, 11) is 0. The number of aromatic amines is 1. The maximum Gasteiger partial charge on any atom is 0.237 e. The van der Waals surface area contributed by atoms with Crippen molar-refractivity contribution in [1.29, 1.82) is 0 Å². The molecule has 2 N–H and O–H groups in total. The minimum Gasteiger partial charge on any atom is -0.333 e. The standard InChI is InChI=1S/C16H14FN3OS/c1-10(15(21)18-12-6-4-5-11(17)9-12)22-16-19-13-7-2-3-8-14(13)20-16/h2-10H,1H3,(H,18,21)(H,19,20). The van der Waals surface area contributed by atoms with E-state index in [9.17, 15) is 9.18 Å². The Morgan fingerprint density at radius 2 is 2.09 bits per heavy atom. The molecule has 1 aromatic heterocycles. The fraction of sp³-hybridized carbons (Fsp3) is 0.125. The van der Waals surface area contributed by atoms with Gasteiger partial charge in [0.2, 0.25) is 5.91 Å². The lowest BCUT2D eigenvalue weighted by Gasteiger charge is -2.10. The van der Waals surface area contributed by atoms with Crippen molar-refractivity contribution < 1.29 is 9.18 Å². The molecule has 0 aliphatic rings. The molecule has 6 heteroatoms. The van der Waals surface area contributed by atoms with Gasteiger partial charge in [-0.05, 0) is 37.3 Å². The van der Waals surface area contributed by atoms with Gasteiger partial charge in [0.05, 0.1) is 16.3 Å². The molecule has 0 aliphatic heterocycles. The van der Waals surface area contributed by atoms with E-state index in [1.807, 2.05) is 24.3 Å². The van der Waals surface area contributed by atoms with E-state index >= 15 is 0 Å². The van der Waals surface area contributed by atoms with Crippen LogP contribution in [0.1, 0.15) is 6.92 Å². The molecular formula is C16H14FN3OS. The van der Waals surface area contributed by atoms with E-state index in [0.717, 1.165) is 11.0 Å². The number of fused-ring (bicyclic) bond motifs is 1. The summed E-state index contributed by atoms with van der Waals surface area (Å²) in [6.07, 6.45) is 0. The molecule has 1 heterocycles. The second-order valence-electron chi connectivity index (χ2n) is 4.82. The minimum absolute atomic E-state index is 0.198. The summed E-state index contributed by atoms with van der Waals surface area (Å²) in [6, 6.07) is 13.5. The zero-order valence-electron chi connectivity index (χ0n) is 11.8. The molecule has 0 saturated carbocycles. The Morgan fingerprint density at radius 1 is 1.27 bits per heavy atom. The molecule has 0 spiro atoms. The molecule has 0 aliphatic carbocycles. The van der Waals surface area contributed by atoms with Crippen LogP contribution in [0.3, 0.4) is 0 Å². The predicted octanol–water partition coefficient (Wildman–Crippen LogP) is 3.82. The van der Waals surface area contributed by atoms with Gasteiger partial charge in [0.15, 0.2) is 5.16 Å². The Balaban J connectivity index is 1.68. The van der Waals surface area contributed by atoms with Gasteiger partial charge in [0, 0.05) is 5.69 Å². The van der Waals surface area contributed by atoms with E-state index in [2.05, 4.69) is 15.3 Å². The summed E-state index contributed by atoms with van der Waals surface area (Å²) in [4.78, 5) is 19.7. The highest BCUT2D eigenvalue weighted by atomic mass is 32.2. The van der Waals surface area contributed by atoms with Crippen LogP contribution in [-0.4, -0.2) is 21.1 Å². The Hall–Kier alpha value is -2.34. The van der Waals surface area contributed by atoms with Gasteiger partial charge >= 0.3 is 0 Å². The first kappa shape index (κ1) is 14.6. The van der Waals surface area contributed by atoms with Crippen molar-refractivity contribution in [1.82, 2.24) is 9.97 Å². The highest BCUT2D eigenvalue weighted by Crippen LogP contribution is 2.24. The van der Waals surface area contributed by atoms with Crippen LogP contribution in [0.4, 0.5) is 10.1 Å². The molecule has 1 unspecified atom stereocenters. The minimum atomic E-state index is -0.379. The van der Waals surface area contributed by atoms with E-state index in [0.29, 0.717) is 10.8 Å².